The SMILES string of the molecule is COC(=O)c1c(NC(=O)c2ccc3c(c2)c(C)c(C)n3Cc2ccccc2)cnn1C. The van der Waals surface area contributed by atoms with E-state index >= 15 is 0 Å². The Morgan fingerprint density at radius 3 is 2.55 bits per heavy atom. The molecule has 0 fully saturated rings. The van der Waals surface area contributed by atoms with Gasteiger partial charge in [-0.2, -0.15) is 5.10 Å². The third-order valence-electron chi connectivity index (χ3n) is 5.65. The van der Waals surface area contributed by atoms with Gasteiger partial charge in [0.25, 0.3) is 5.91 Å². The van der Waals surface area contributed by atoms with Crippen LogP contribution in [0.1, 0.15) is 37.7 Å². The average Bonchev–Trinajstić information content (AvgIpc) is 3.26. The number of nitrogens with zero attached hydrogens (tertiary/aromatic N) is 3. The van der Waals surface area contributed by atoms with Crippen molar-refractivity contribution in [2.75, 3.05) is 12.4 Å². The number of hydrogen-bond donors (Lipinski definition) is 1. The zero-order chi connectivity index (χ0) is 22.1. The monoisotopic (exact) mass is 416 g/mol. The summed E-state index contributed by atoms with van der Waals surface area (Å²) in [5.74, 6) is -0.872. The fourth-order valence-electron chi connectivity index (χ4n) is 3.82. The summed E-state index contributed by atoms with van der Waals surface area (Å²) in [4.78, 5) is 24.9. The van der Waals surface area contributed by atoms with Crippen molar-refractivity contribution < 1.29 is 14.3 Å². The van der Waals surface area contributed by atoms with E-state index in [0.717, 1.165) is 28.7 Å². The number of ether oxygens (including phenoxy) is 1. The topological polar surface area (TPSA) is 78.2 Å². The maximum Gasteiger partial charge on any atom is 0.358 e. The number of amides is 1. The first-order valence-corrected chi connectivity index (χ1v) is 9.95. The second-order valence-electron chi connectivity index (χ2n) is 7.49. The highest BCUT2D eigenvalue weighted by molar-refractivity contribution is 6.09. The van der Waals surface area contributed by atoms with E-state index in [-0.39, 0.29) is 11.6 Å². The zero-order valence-corrected chi connectivity index (χ0v) is 18.0. The van der Waals surface area contributed by atoms with Gasteiger partial charge in [0.15, 0.2) is 5.69 Å². The maximum atomic E-state index is 12.9. The van der Waals surface area contributed by atoms with Gasteiger partial charge in [-0.05, 0) is 43.2 Å². The number of aromatic nitrogens is 3. The standard InChI is InChI=1S/C24H24N4O3/c1-15-16(2)28(14-17-8-6-5-7-9-17)21-11-10-18(12-19(15)21)23(29)26-20-13-25-27(3)22(20)24(30)31-4/h5-13H,14H2,1-4H3,(H,26,29). The van der Waals surface area contributed by atoms with Crippen LogP contribution in [-0.4, -0.2) is 33.3 Å². The first-order chi connectivity index (χ1) is 14.9. The second-order valence-corrected chi connectivity index (χ2v) is 7.49. The number of fused-ring (bicyclic) bond motifs is 1. The van der Waals surface area contributed by atoms with Gasteiger partial charge in [-0.1, -0.05) is 30.3 Å². The molecule has 2 aromatic carbocycles. The molecule has 2 aromatic heterocycles. The van der Waals surface area contributed by atoms with Crippen LogP contribution in [0.4, 0.5) is 5.69 Å². The molecule has 0 unspecified atom stereocenters. The van der Waals surface area contributed by atoms with E-state index in [1.807, 2.05) is 30.3 Å². The van der Waals surface area contributed by atoms with Gasteiger partial charge >= 0.3 is 5.97 Å². The molecular weight excluding hydrogens is 392 g/mol. The molecule has 4 rings (SSSR count). The van der Waals surface area contributed by atoms with Crippen LogP contribution in [0.2, 0.25) is 0 Å². The highest BCUT2D eigenvalue weighted by atomic mass is 16.5. The second kappa shape index (κ2) is 8.10. The molecule has 31 heavy (non-hydrogen) atoms. The minimum atomic E-state index is -0.560. The lowest BCUT2D eigenvalue weighted by molar-refractivity contribution is 0.0589. The van der Waals surface area contributed by atoms with Crippen molar-refractivity contribution in [2.45, 2.75) is 20.4 Å². The summed E-state index contributed by atoms with van der Waals surface area (Å²) in [7, 11) is 2.91. The van der Waals surface area contributed by atoms with Crippen molar-refractivity contribution in [1.82, 2.24) is 14.3 Å². The lowest BCUT2D eigenvalue weighted by Crippen LogP contribution is -2.16. The largest absolute Gasteiger partial charge is 0.464 e. The smallest absolute Gasteiger partial charge is 0.358 e. The first kappa shape index (κ1) is 20.4. The number of hydrogen-bond acceptors (Lipinski definition) is 4. The summed E-state index contributed by atoms with van der Waals surface area (Å²) in [5.41, 5.74) is 5.61. The van der Waals surface area contributed by atoms with Crippen LogP contribution in [0, 0.1) is 13.8 Å². The summed E-state index contributed by atoms with van der Waals surface area (Å²) in [6.07, 6.45) is 1.44. The number of anilines is 1. The van der Waals surface area contributed by atoms with Crippen LogP contribution in [0.3, 0.4) is 0 Å². The lowest BCUT2D eigenvalue weighted by Gasteiger charge is -2.09. The molecule has 4 aromatic rings. The third-order valence-corrected chi connectivity index (χ3v) is 5.65. The predicted octanol–water partition coefficient (Wildman–Crippen LogP) is 4.08. The number of rotatable bonds is 5. The van der Waals surface area contributed by atoms with Crippen LogP contribution in [0.5, 0.6) is 0 Å². The summed E-state index contributed by atoms with van der Waals surface area (Å²) in [6, 6.07) is 15.9. The minimum Gasteiger partial charge on any atom is -0.464 e. The molecule has 0 saturated carbocycles. The van der Waals surface area contributed by atoms with Crippen molar-refractivity contribution >= 4 is 28.5 Å². The molecular formula is C24H24N4O3. The Bertz CT molecular complexity index is 1290. The van der Waals surface area contributed by atoms with E-state index in [1.54, 1.807) is 13.1 Å². The van der Waals surface area contributed by atoms with E-state index < -0.39 is 5.97 Å². The Morgan fingerprint density at radius 1 is 1.10 bits per heavy atom. The van der Waals surface area contributed by atoms with Crippen LogP contribution in [0.25, 0.3) is 10.9 Å². The number of aryl methyl sites for hydroxylation is 2. The number of esters is 1. The molecule has 1 N–H and O–H groups in total. The third kappa shape index (κ3) is 3.70. The van der Waals surface area contributed by atoms with Crippen LogP contribution < -0.4 is 5.32 Å². The van der Waals surface area contributed by atoms with Crippen molar-refractivity contribution in [2.24, 2.45) is 7.05 Å². The normalized spacial score (nSPS) is 11.0. The van der Waals surface area contributed by atoms with Gasteiger partial charge < -0.3 is 14.6 Å². The molecule has 0 aliphatic rings. The van der Waals surface area contributed by atoms with Crippen molar-refractivity contribution in [1.29, 1.82) is 0 Å². The Balaban J connectivity index is 1.67. The highest BCUT2D eigenvalue weighted by Gasteiger charge is 2.20. The number of carbonyl (C=O) groups is 2. The Kier molecular flexibility index (Phi) is 5.33. The maximum absolute atomic E-state index is 12.9. The van der Waals surface area contributed by atoms with Crippen LogP contribution in [0.15, 0.2) is 54.7 Å². The van der Waals surface area contributed by atoms with E-state index in [2.05, 4.69) is 41.0 Å². The molecule has 2 heterocycles. The lowest BCUT2D eigenvalue weighted by atomic mass is 10.1. The summed E-state index contributed by atoms with van der Waals surface area (Å²) < 4.78 is 8.43. The molecule has 0 saturated heterocycles. The van der Waals surface area contributed by atoms with E-state index in [1.165, 1.54) is 23.6 Å². The quantitative estimate of drug-likeness (QED) is 0.497. The van der Waals surface area contributed by atoms with Gasteiger partial charge in [0, 0.05) is 35.8 Å². The fraction of sp³-hybridized carbons (Fsp3) is 0.208. The first-order valence-electron chi connectivity index (χ1n) is 9.95. The molecule has 0 atom stereocenters. The van der Waals surface area contributed by atoms with Crippen LogP contribution >= 0.6 is 0 Å². The fourth-order valence-corrected chi connectivity index (χ4v) is 3.82. The number of nitrogens with one attached hydrogen (secondary N) is 1. The molecule has 0 radical (unpaired) electrons. The Hall–Kier alpha value is -3.87. The van der Waals surface area contributed by atoms with Crippen molar-refractivity contribution in [3.63, 3.8) is 0 Å². The molecule has 0 aliphatic heterocycles. The van der Waals surface area contributed by atoms with E-state index in [0.29, 0.717) is 11.3 Å². The predicted molar refractivity (Wildman–Crippen MR) is 119 cm³/mol. The van der Waals surface area contributed by atoms with E-state index in [9.17, 15) is 9.59 Å². The number of carbonyl (C=O) groups excluding carboxylic acids is 2. The van der Waals surface area contributed by atoms with Gasteiger partial charge in [0.05, 0.1) is 19.0 Å². The van der Waals surface area contributed by atoms with Crippen molar-refractivity contribution in [3.8, 4) is 0 Å². The molecule has 7 heteroatoms. The summed E-state index contributed by atoms with van der Waals surface area (Å²) >= 11 is 0. The highest BCUT2D eigenvalue weighted by Crippen LogP contribution is 2.28. The van der Waals surface area contributed by atoms with Gasteiger partial charge in [0.1, 0.15) is 0 Å². The minimum absolute atomic E-state index is 0.193. The molecule has 0 bridgehead atoms. The zero-order valence-electron chi connectivity index (χ0n) is 18.0. The Morgan fingerprint density at radius 2 is 1.84 bits per heavy atom. The molecule has 0 spiro atoms. The van der Waals surface area contributed by atoms with E-state index in [4.69, 9.17) is 4.74 Å². The average molecular weight is 416 g/mol. The Labute approximate surface area is 180 Å². The summed E-state index contributed by atoms with van der Waals surface area (Å²) in [5, 5.41) is 7.86. The molecule has 0 aliphatic carbocycles. The number of benzene rings is 2. The van der Waals surface area contributed by atoms with Gasteiger partial charge in [-0.15, -0.1) is 0 Å². The van der Waals surface area contributed by atoms with Crippen LogP contribution in [-0.2, 0) is 18.3 Å². The van der Waals surface area contributed by atoms with Crippen molar-refractivity contribution in [3.05, 3.63) is 82.8 Å². The molecule has 158 valence electrons. The van der Waals surface area contributed by atoms with Gasteiger partial charge in [0.2, 0.25) is 0 Å². The van der Waals surface area contributed by atoms with Gasteiger partial charge in [-0.25, -0.2) is 4.79 Å². The number of methoxy groups -OCH3 is 1. The molecule has 7 nitrogen and oxygen atoms in total. The molecule has 1 amide bonds. The summed E-state index contributed by atoms with van der Waals surface area (Å²) in [6.45, 7) is 4.92. The van der Waals surface area contributed by atoms with Gasteiger partial charge in [-0.3, -0.25) is 9.48 Å².